The fourth-order valence-corrected chi connectivity index (χ4v) is 2.03. The molecular formula is C13H26N2O2. The number of rotatable bonds is 7. The Morgan fingerprint density at radius 1 is 1.41 bits per heavy atom. The summed E-state index contributed by atoms with van der Waals surface area (Å²) in [6.07, 6.45) is 2.58. The van der Waals surface area contributed by atoms with Crippen molar-refractivity contribution >= 4 is 5.91 Å². The number of hydrogen-bond acceptors (Lipinski definition) is 3. The number of nitrogens with one attached hydrogen (secondary N) is 2. The van der Waals surface area contributed by atoms with E-state index in [0.29, 0.717) is 18.4 Å². The maximum absolute atomic E-state index is 11.7. The topological polar surface area (TPSA) is 50.4 Å². The zero-order chi connectivity index (χ0) is 12.7. The average Bonchev–Trinajstić information content (AvgIpc) is 2.77. The molecule has 1 saturated heterocycles. The fourth-order valence-electron chi connectivity index (χ4n) is 2.03. The van der Waals surface area contributed by atoms with Crippen molar-refractivity contribution in [2.24, 2.45) is 5.92 Å². The summed E-state index contributed by atoms with van der Waals surface area (Å²) in [6, 6.07) is 0.732. The molecule has 1 rings (SSSR count). The highest BCUT2D eigenvalue weighted by molar-refractivity contribution is 5.76. The maximum atomic E-state index is 11.7. The van der Waals surface area contributed by atoms with Gasteiger partial charge >= 0.3 is 0 Å². The van der Waals surface area contributed by atoms with Crippen LogP contribution < -0.4 is 10.6 Å². The summed E-state index contributed by atoms with van der Waals surface area (Å²) >= 11 is 0. The van der Waals surface area contributed by atoms with Crippen molar-refractivity contribution in [1.29, 1.82) is 0 Å². The first-order valence-corrected chi connectivity index (χ1v) is 6.70. The minimum atomic E-state index is 0.162. The Hall–Kier alpha value is -0.610. The van der Waals surface area contributed by atoms with Crippen LogP contribution in [0, 0.1) is 5.92 Å². The second-order valence-corrected chi connectivity index (χ2v) is 5.19. The molecule has 0 saturated carbocycles. The molecule has 2 N–H and O–H groups in total. The number of hydrogen-bond donors (Lipinski definition) is 2. The second-order valence-electron chi connectivity index (χ2n) is 5.19. The molecule has 0 aliphatic carbocycles. The molecule has 0 aromatic rings. The standard InChI is InChI=1S/C13H26N2O2/c1-10(2)14-7-4-5-13(16)15-11(3)12-6-8-17-9-12/h10-12,14H,4-9H2,1-3H3,(H,15,16). The first-order valence-electron chi connectivity index (χ1n) is 6.70. The van der Waals surface area contributed by atoms with Crippen LogP contribution in [-0.4, -0.2) is 37.7 Å². The summed E-state index contributed by atoms with van der Waals surface area (Å²) in [5, 5.41) is 6.37. The van der Waals surface area contributed by atoms with Crippen LogP contribution >= 0.6 is 0 Å². The van der Waals surface area contributed by atoms with Crippen molar-refractivity contribution in [3.05, 3.63) is 0 Å². The molecule has 1 fully saturated rings. The molecule has 1 aliphatic heterocycles. The van der Waals surface area contributed by atoms with Crippen LogP contribution in [0.1, 0.15) is 40.0 Å². The van der Waals surface area contributed by atoms with Gasteiger partial charge in [-0.25, -0.2) is 0 Å². The van der Waals surface area contributed by atoms with Crippen LogP contribution in [0.25, 0.3) is 0 Å². The van der Waals surface area contributed by atoms with E-state index in [-0.39, 0.29) is 11.9 Å². The molecule has 17 heavy (non-hydrogen) atoms. The van der Waals surface area contributed by atoms with Gasteiger partial charge in [-0.05, 0) is 26.3 Å². The van der Waals surface area contributed by atoms with Gasteiger partial charge in [0.25, 0.3) is 0 Å². The maximum Gasteiger partial charge on any atom is 0.220 e. The number of carbonyl (C=O) groups excluding carboxylic acids is 1. The molecule has 0 aromatic heterocycles. The van der Waals surface area contributed by atoms with Gasteiger partial charge in [0.05, 0.1) is 6.61 Å². The predicted octanol–water partition coefficient (Wildman–Crippen LogP) is 1.31. The number of carbonyl (C=O) groups is 1. The van der Waals surface area contributed by atoms with E-state index >= 15 is 0 Å². The van der Waals surface area contributed by atoms with Gasteiger partial charge in [0, 0.05) is 31.0 Å². The Bertz CT molecular complexity index is 225. The van der Waals surface area contributed by atoms with Crippen molar-refractivity contribution in [2.75, 3.05) is 19.8 Å². The molecule has 2 atom stereocenters. The lowest BCUT2D eigenvalue weighted by atomic mass is 10.0. The Morgan fingerprint density at radius 3 is 2.76 bits per heavy atom. The first-order chi connectivity index (χ1) is 8.09. The minimum absolute atomic E-state index is 0.162. The lowest BCUT2D eigenvalue weighted by molar-refractivity contribution is -0.122. The zero-order valence-electron chi connectivity index (χ0n) is 11.3. The highest BCUT2D eigenvalue weighted by atomic mass is 16.5. The monoisotopic (exact) mass is 242 g/mol. The van der Waals surface area contributed by atoms with Crippen LogP contribution in [0.5, 0.6) is 0 Å². The molecule has 4 nitrogen and oxygen atoms in total. The lowest BCUT2D eigenvalue weighted by Gasteiger charge is -2.19. The molecular weight excluding hydrogens is 216 g/mol. The molecule has 1 aliphatic rings. The van der Waals surface area contributed by atoms with Crippen LogP contribution in [0.2, 0.25) is 0 Å². The van der Waals surface area contributed by atoms with Crippen molar-refractivity contribution in [2.45, 2.75) is 52.1 Å². The van der Waals surface area contributed by atoms with E-state index in [2.05, 4.69) is 31.4 Å². The minimum Gasteiger partial charge on any atom is -0.381 e. The highest BCUT2D eigenvalue weighted by Gasteiger charge is 2.23. The Morgan fingerprint density at radius 2 is 2.18 bits per heavy atom. The molecule has 4 heteroatoms. The van der Waals surface area contributed by atoms with Crippen LogP contribution in [-0.2, 0) is 9.53 Å². The third-order valence-corrected chi connectivity index (χ3v) is 3.19. The van der Waals surface area contributed by atoms with Crippen molar-refractivity contribution < 1.29 is 9.53 Å². The lowest BCUT2D eigenvalue weighted by Crippen LogP contribution is -2.38. The molecule has 0 aromatic carbocycles. The molecule has 2 unspecified atom stereocenters. The highest BCUT2D eigenvalue weighted by Crippen LogP contribution is 2.16. The Balaban J connectivity index is 2.07. The second kappa shape index (κ2) is 7.67. The molecule has 0 bridgehead atoms. The van der Waals surface area contributed by atoms with E-state index in [4.69, 9.17) is 4.74 Å². The van der Waals surface area contributed by atoms with Crippen molar-refractivity contribution in [3.8, 4) is 0 Å². The third-order valence-electron chi connectivity index (χ3n) is 3.19. The summed E-state index contributed by atoms with van der Waals surface area (Å²) in [5.74, 6) is 0.655. The molecule has 0 spiro atoms. The zero-order valence-corrected chi connectivity index (χ0v) is 11.3. The normalized spacial score (nSPS) is 21.8. The van der Waals surface area contributed by atoms with Gasteiger partial charge in [-0.3, -0.25) is 4.79 Å². The van der Waals surface area contributed by atoms with Gasteiger partial charge in [-0.1, -0.05) is 13.8 Å². The smallest absolute Gasteiger partial charge is 0.220 e. The van der Waals surface area contributed by atoms with E-state index in [1.165, 1.54) is 0 Å². The molecule has 1 heterocycles. The van der Waals surface area contributed by atoms with Crippen molar-refractivity contribution in [1.82, 2.24) is 10.6 Å². The van der Waals surface area contributed by atoms with Crippen molar-refractivity contribution in [3.63, 3.8) is 0 Å². The number of amides is 1. The molecule has 1 amide bonds. The van der Waals surface area contributed by atoms with E-state index in [1.54, 1.807) is 0 Å². The molecule has 0 radical (unpaired) electrons. The number of ether oxygens (including phenoxy) is 1. The third kappa shape index (κ3) is 6.03. The van der Waals surface area contributed by atoms with E-state index < -0.39 is 0 Å². The summed E-state index contributed by atoms with van der Waals surface area (Å²) in [5.41, 5.74) is 0. The van der Waals surface area contributed by atoms with Crippen LogP contribution in [0.3, 0.4) is 0 Å². The molecule has 100 valence electrons. The van der Waals surface area contributed by atoms with Gasteiger partial charge in [0.1, 0.15) is 0 Å². The van der Waals surface area contributed by atoms with Gasteiger partial charge in [-0.15, -0.1) is 0 Å². The van der Waals surface area contributed by atoms with Gasteiger partial charge in [-0.2, -0.15) is 0 Å². The van der Waals surface area contributed by atoms with Gasteiger partial charge < -0.3 is 15.4 Å². The van der Waals surface area contributed by atoms with Gasteiger partial charge in [0.15, 0.2) is 0 Å². The van der Waals surface area contributed by atoms with Gasteiger partial charge in [0.2, 0.25) is 5.91 Å². The summed E-state index contributed by atoms with van der Waals surface area (Å²) in [4.78, 5) is 11.7. The Kier molecular flexibility index (Phi) is 6.52. The SMILES string of the molecule is CC(C)NCCCC(=O)NC(C)C1CCOC1. The Labute approximate surface area is 104 Å². The summed E-state index contributed by atoms with van der Waals surface area (Å²) in [6.45, 7) is 8.83. The quantitative estimate of drug-likeness (QED) is 0.662. The van der Waals surface area contributed by atoms with E-state index in [1.807, 2.05) is 0 Å². The summed E-state index contributed by atoms with van der Waals surface area (Å²) < 4.78 is 5.32. The van der Waals surface area contributed by atoms with E-state index in [0.717, 1.165) is 32.6 Å². The average molecular weight is 242 g/mol. The van der Waals surface area contributed by atoms with E-state index in [9.17, 15) is 4.79 Å². The largest absolute Gasteiger partial charge is 0.381 e. The summed E-state index contributed by atoms with van der Waals surface area (Å²) in [7, 11) is 0. The van der Waals surface area contributed by atoms with Crippen LogP contribution in [0.15, 0.2) is 0 Å². The van der Waals surface area contributed by atoms with Crippen LogP contribution in [0.4, 0.5) is 0 Å². The fraction of sp³-hybridized carbons (Fsp3) is 0.923. The predicted molar refractivity (Wildman–Crippen MR) is 68.9 cm³/mol. The first kappa shape index (κ1) is 14.5.